The molecule has 0 fully saturated rings. The van der Waals surface area contributed by atoms with E-state index in [1.807, 2.05) is 6.92 Å². The van der Waals surface area contributed by atoms with Crippen LogP contribution in [-0.4, -0.2) is 51.2 Å². The zero-order valence-electron chi connectivity index (χ0n) is 13.0. The standard InChI is InChI=1S/C13H23N5O3/c1-5-16(6-2)9-10(4)15-13(19)12-11(18(20)21)8-14-17(12)7-3/h8,10H,5-7,9H2,1-4H3,(H,15,19). The van der Waals surface area contributed by atoms with Crippen LogP contribution in [-0.2, 0) is 6.54 Å². The molecule has 1 amide bonds. The highest BCUT2D eigenvalue weighted by Gasteiger charge is 2.27. The Kier molecular flexibility index (Phi) is 6.29. The van der Waals surface area contributed by atoms with Gasteiger partial charge in [0, 0.05) is 19.1 Å². The van der Waals surface area contributed by atoms with Crippen LogP contribution >= 0.6 is 0 Å². The lowest BCUT2D eigenvalue weighted by atomic mass is 10.2. The van der Waals surface area contributed by atoms with E-state index >= 15 is 0 Å². The van der Waals surface area contributed by atoms with Crippen LogP contribution in [0.3, 0.4) is 0 Å². The van der Waals surface area contributed by atoms with Crippen molar-refractivity contribution in [3.63, 3.8) is 0 Å². The van der Waals surface area contributed by atoms with Gasteiger partial charge < -0.3 is 10.2 Å². The summed E-state index contributed by atoms with van der Waals surface area (Å²) in [6.07, 6.45) is 1.12. The number of rotatable bonds is 8. The highest BCUT2D eigenvalue weighted by molar-refractivity contribution is 5.96. The minimum Gasteiger partial charge on any atom is -0.347 e. The Bertz CT molecular complexity index is 496. The molecule has 118 valence electrons. The summed E-state index contributed by atoms with van der Waals surface area (Å²) >= 11 is 0. The average Bonchev–Trinajstić information content (AvgIpc) is 2.88. The quantitative estimate of drug-likeness (QED) is 0.576. The van der Waals surface area contributed by atoms with Gasteiger partial charge in [0.05, 0.1) is 4.92 Å². The molecule has 0 aromatic carbocycles. The molecule has 1 aromatic rings. The molecule has 1 atom stereocenters. The summed E-state index contributed by atoms with van der Waals surface area (Å²) in [5.41, 5.74) is -0.252. The fraction of sp³-hybridized carbons (Fsp3) is 0.692. The van der Waals surface area contributed by atoms with Gasteiger partial charge in [0.2, 0.25) is 5.69 Å². The van der Waals surface area contributed by atoms with Crippen molar-refractivity contribution in [2.45, 2.75) is 40.3 Å². The maximum Gasteiger partial charge on any atom is 0.320 e. The lowest BCUT2D eigenvalue weighted by Gasteiger charge is -2.23. The summed E-state index contributed by atoms with van der Waals surface area (Å²) in [6.45, 7) is 10.7. The molecule has 1 unspecified atom stereocenters. The second-order valence-electron chi connectivity index (χ2n) is 4.81. The van der Waals surface area contributed by atoms with Crippen molar-refractivity contribution in [1.82, 2.24) is 20.0 Å². The van der Waals surface area contributed by atoms with Crippen LogP contribution in [0.25, 0.3) is 0 Å². The molecule has 1 heterocycles. The number of hydrogen-bond acceptors (Lipinski definition) is 5. The zero-order chi connectivity index (χ0) is 16.0. The molecular formula is C13H23N5O3. The average molecular weight is 297 g/mol. The number of carbonyl (C=O) groups is 1. The van der Waals surface area contributed by atoms with Crippen molar-refractivity contribution in [2.75, 3.05) is 19.6 Å². The number of nitrogens with zero attached hydrogens (tertiary/aromatic N) is 4. The molecule has 0 radical (unpaired) electrons. The largest absolute Gasteiger partial charge is 0.347 e. The van der Waals surface area contributed by atoms with Crippen molar-refractivity contribution in [3.8, 4) is 0 Å². The summed E-state index contributed by atoms with van der Waals surface area (Å²) in [4.78, 5) is 24.9. The van der Waals surface area contributed by atoms with Crippen LogP contribution < -0.4 is 5.32 Å². The topological polar surface area (TPSA) is 93.3 Å². The zero-order valence-corrected chi connectivity index (χ0v) is 13.0. The van der Waals surface area contributed by atoms with Gasteiger partial charge in [-0.15, -0.1) is 0 Å². The Morgan fingerprint density at radius 1 is 1.48 bits per heavy atom. The summed E-state index contributed by atoms with van der Waals surface area (Å²) in [5, 5.41) is 17.7. The van der Waals surface area contributed by atoms with E-state index in [1.54, 1.807) is 6.92 Å². The third kappa shape index (κ3) is 4.25. The highest BCUT2D eigenvalue weighted by atomic mass is 16.6. The summed E-state index contributed by atoms with van der Waals surface area (Å²) < 4.78 is 1.34. The molecule has 0 spiro atoms. The lowest BCUT2D eigenvalue weighted by Crippen LogP contribution is -2.42. The number of nitro groups is 1. The SMILES string of the molecule is CCN(CC)CC(C)NC(=O)c1c([N+](=O)[O-])cnn1CC. The van der Waals surface area contributed by atoms with Gasteiger partial charge >= 0.3 is 5.69 Å². The molecule has 8 heteroatoms. The van der Waals surface area contributed by atoms with Crippen molar-refractivity contribution in [3.05, 3.63) is 22.0 Å². The predicted molar refractivity (Wildman–Crippen MR) is 79.3 cm³/mol. The molecular weight excluding hydrogens is 274 g/mol. The van der Waals surface area contributed by atoms with Gasteiger partial charge in [0.25, 0.3) is 5.91 Å². The minimum atomic E-state index is -0.580. The molecule has 8 nitrogen and oxygen atoms in total. The van der Waals surface area contributed by atoms with E-state index in [1.165, 1.54) is 4.68 Å². The molecule has 1 rings (SSSR count). The van der Waals surface area contributed by atoms with Crippen molar-refractivity contribution >= 4 is 11.6 Å². The fourth-order valence-electron chi connectivity index (χ4n) is 2.19. The van der Waals surface area contributed by atoms with Gasteiger partial charge in [-0.1, -0.05) is 13.8 Å². The Morgan fingerprint density at radius 3 is 2.57 bits per heavy atom. The minimum absolute atomic E-state index is 0.00824. The predicted octanol–water partition coefficient (Wildman–Crippen LogP) is 1.27. The van der Waals surface area contributed by atoms with Gasteiger partial charge in [-0.25, -0.2) is 0 Å². The third-order valence-electron chi connectivity index (χ3n) is 3.34. The Balaban J connectivity index is 2.84. The van der Waals surface area contributed by atoms with E-state index < -0.39 is 10.8 Å². The maximum absolute atomic E-state index is 12.3. The molecule has 0 bridgehead atoms. The Morgan fingerprint density at radius 2 is 2.10 bits per heavy atom. The van der Waals surface area contributed by atoms with Gasteiger partial charge in [-0.05, 0) is 26.9 Å². The number of nitrogens with one attached hydrogen (secondary N) is 1. The maximum atomic E-state index is 12.3. The van der Waals surface area contributed by atoms with Crippen LogP contribution in [0.5, 0.6) is 0 Å². The first-order chi connectivity index (χ1) is 9.94. The normalized spacial score (nSPS) is 12.4. The molecule has 0 saturated heterocycles. The number of hydrogen-bond donors (Lipinski definition) is 1. The monoisotopic (exact) mass is 297 g/mol. The van der Waals surface area contributed by atoms with Gasteiger partial charge in [-0.2, -0.15) is 5.10 Å². The van der Waals surface area contributed by atoms with Crippen LogP contribution in [0.2, 0.25) is 0 Å². The van der Waals surface area contributed by atoms with E-state index in [0.29, 0.717) is 13.1 Å². The second kappa shape index (κ2) is 7.72. The molecule has 21 heavy (non-hydrogen) atoms. The lowest BCUT2D eigenvalue weighted by molar-refractivity contribution is -0.385. The van der Waals surface area contributed by atoms with Crippen molar-refractivity contribution in [1.29, 1.82) is 0 Å². The van der Waals surface area contributed by atoms with E-state index in [-0.39, 0.29) is 17.4 Å². The van der Waals surface area contributed by atoms with E-state index in [4.69, 9.17) is 0 Å². The van der Waals surface area contributed by atoms with Gasteiger partial charge in [-0.3, -0.25) is 19.6 Å². The third-order valence-corrected chi connectivity index (χ3v) is 3.34. The molecule has 0 aliphatic rings. The highest BCUT2D eigenvalue weighted by Crippen LogP contribution is 2.17. The van der Waals surface area contributed by atoms with Crippen LogP contribution in [0, 0.1) is 10.1 Å². The summed E-state index contributed by atoms with van der Waals surface area (Å²) in [6, 6.07) is -0.0998. The number of carbonyl (C=O) groups excluding carboxylic acids is 1. The summed E-state index contributed by atoms with van der Waals surface area (Å²) in [5.74, 6) is -0.458. The number of amides is 1. The Labute approximate surface area is 124 Å². The van der Waals surface area contributed by atoms with E-state index in [9.17, 15) is 14.9 Å². The molecule has 1 aromatic heterocycles. The van der Waals surface area contributed by atoms with Crippen LogP contribution in [0.1, 0.15) is 38.2 Å². The van der Waals surface area contributed by atoms with Crippen LogP contribution in [0.4, 0.5) is 5.69 Å². The number of likely N-dealkylation sites (N-methyl/N-ethyl adjacent to an activating group) is 1. The Hall–Kier alpha value is -1.96. The molecule has 1 N–H and O–H groups in total. The van der Waals surface area contributed by atoms with E-state index in [2.05, 4.69) is 29.2 Å². The van der Waals surface area contributed by atoms with Gasteiger partial charge in [0.15, 0.2) is 0 Å². The van der Waals surface area contributed by atoms with Crippen LogP contribution in [0.15, 0.2) is 6.20 Å². The summed E-state index contributed by atoms with van der Waals surface area (Å²) in [7, 11) is 0. The van der Waals surface area contributed by atoms with E-state index in [0.717, 1.165) is 19.3 Å². The second-order valence-corrected chi connectivity index (χ2v) is 4.81. The number of aromatic nitrogens is 2. The smallest absolute Gasteiger partial charge is 0.320 e. The number of aryl methyl sites for hydroxylation is 1. The van der Waals surface area contributed by atoms with Gasteiger partial charge in [0.1, 0.15) is 6.20 Å². The van der Waals surface area contributed by atoms with Crippen molar-refractivity contribution < 1.29 is 9.72 Å². The molecule has 0 saturated carbocycles. The fourth-order valence-corrected chi connectivity index (χ4v) is 2.19. The molecule has 0 aliphatic carbocycles. The molecule has 0 aliphatic heterocycles. The first kappa shape index (κ1) is 17.1. The first-order valence-corrected chi connectivity index (χ1v) is 7.17. The van der Waals surface area contributed by atoms with Crippen molar-refractivity contribution in [2.24, 2.45) is 0 Å². The first-order valence-electron chi connectivity index (χ1n) is 7.17.